The highest BCUT2D eigenvalue weighted by atomic mass is 19.2. The average Bonchev–Trinajstić information content (AvgIpc) is 2.84. The van der Waals surface area contributed by atoms with E-state index >= 15 is 0 Å². The van der Waals surface area contributed by atoms with Crippen molar-refractivity contribution in [1.82, 2.24) is 14.8 Å². The van der Waals surface area contributed by atoms with E-state index in [9.17, 15) is 18.9 Å². The molecule has 2 unspecified atom stereocenters. The SMILES string of the molecule is Cn1cnnc1C(F)C(C)(F)c1cccc([N+](=O)[O-])c1. The standard InChI is InChI=1S/C12H12F2N4O2/c1-12(14,10(13)11-16-15-7-17(11)2)8-4-3-5-9(6-8)18(19)20/h3-7,10H,1-2H3. The number of nitrogens with zero attached hydrogens (tertiary/aromatic N) is 4. The Kier molecular flexibility index (Phi) is 3.47. The zero-order valence-corrected chi connectivity index (χ0v) is 10.8. The molecular formula is C12H12F2N4O2. The lowest BCUT2D eigenvalue weighted by atomic mass is 9.92. The topological polar surface area (TPSA) is 73.8 Å². The van der Waals surface area contributed by atoms with Crippen molar-refractivity contribution >= 4 is 5.69 Å². The van der Waals surface area contributed by atoms with E-state index in [1.165, 1.54) is 36.1 Å². The maximum atomic E-state index is 14.7. The molecule has 1 aromatic carbocycles. The molecule has 6 nitrogen and oxygen atoms in total. The number of hydrogen-bond acceptors (Lipinski definition) is 4. The average molecular weight is 282 g/mol. The molecule has 20 heavy (non-hydrogen) atoms. The fourth-order valence-corrected chi connectivity index (χ4v) is 1.83. The Morgan fingerprint density at radius 1 is 1.50 bits per heavy atom. The molecule has 2 aromatic rings. The molecule has 0 spiro atoms. The summed E-state index contributed by atoms with van der Waals surface area (Å²) in [7, 11) is 1.49. The molecule has 1 aromatic heterocycles. The van der Waals surface area contributed by atoms with Gasteiger partial charge in [-0.15, -0.1) is 10.2 Å². The Labute approximate surface area is 113 Å². The van der Waals surface area contributed by atoms with Crippen LogP contribution in [0.4, 0.5) is 14.5 Å². The van der Waals surface area contributed by atoms with Crippen molar-refractivity contribution in [3.05, 3.63) is 52.1 Å². The molecule has 2 rings (SSSR count). The largest absolute Gasteiger partial charge is 0.318 e. The molecule has 0 saturated heterocycles. The number of halogens is 2. The molecule has 8 heteroatoms. The third kappa shape index (κ3) is 2.36. The summed E-state index contributed by atoms with van der Waals surface area (Å²) in [5.41, 5.74) is -2.87. The van der Waals surface area contributed by atoms with Gasteiger partial charge in [-0.25, -0.2) is 8.78 Å². The van der Waals surface area contributed by atoms with Gasteiger partial charge in [-0.3, -0.25) is 10.1 Å². The molecule has 0 saturated carbocycles. The van der Waals surface area contributed by atoms with E-state index in [1.54, 1.807) is 0 Å². The van der Waals surface area contributed by atoms with Gasteiger partial charge in [0.15, 0.2) is 17.7 Å². The predicted octanol–water partition coefficient (Wildman–Crippen LogP) is 2.62. The summed E-state index contributed by atoms with van der Waals surface area (Å²) in [5.74, 6) is -0.179. The van der Waals surface area contributed by atoms with Crippen LogP contribution in [-0.2, 0) is 12.7 Å². The second-order valence-corrected chi connectivity index (χ2v) is 4.55. The smallest absolute Gasteiger partial charge is 0.269 e. The molecule has 0 radical (unpaired) electrons. The van der Waals surface area contributed by atoms with Crippen LogP contribution >= 0.6 is 0 Å². The van der Waals surface area contributed by atoms with Crippen LogP contribution in [0.25, 0.3) is 0 Å². The molecule has 0 aliphatic rings. The minimum absolute atomic E-state index is 0.123. The molecule has 0 N–H and O–H groups in total. The quantitative estimate of drug-likeness (QED) is 0.638. The van der Waals surface area contributed by atoms with Crippen LogP contribution in [0.3, 0.4) is 0 Å². The number of non-ortho nitro benzene ring substituents is 1. The van der Waals surface area contributed by atoms with E-state index in [0.29, 0.717) is 0 Å². The summed E-state index contributed by atoms with van der Waals surface area (Å²) in [5, 5.41) is 17.7. The van der Waals surface area contributed by atoms with Crippen molar-refractivity contribution in [2.75, 3.05) is 0 Å². The van der Waals surface area contributed by atoms with Crippen LogP contribution in [-0.4, -0.2) is 19.7 Å². The van der Waals surface area contributed by atoms with E-state index in [4.69, 9.17) is 0 Å². The first-order valence-corrected chi connectivity index (χ1v) is 5.76. The van der Waals surface area contributed by atoms with Gasteiger partial charge in [-0.05, 0) is 12.5 Å². The molecule has 0 aliphatic heterocycles. The van der Waals surface area contributed by atoms with Crippen LogP contribution in [0.5, 0.6) is 0 Å². The van der Waals surface area contributed by atoms with Gasteiger partial charge in [0, 0.05) is 19.2 Å². The summed E-state index contributed by atoms with van der Waals surface area (Å²) in [6.07, 6.45) is -0.831. The number of rotatable bonds is 4. The lowest BCUT2D eigenvalue weighted by Gasteiger charge is -2.24. The molecule has 106 valence electrons. The predicted molar refractivity (Wildman–Crippen MR) is 66.4 cm³/mol. The second kappa shape index (κ2) is 4.95. The lowest BCUT2D eigenvalue weighted by molar-refractivity contribution is -0.385. The summed E-state index contributed by atoms with van der Waals surface area (Å²) < 4.78 is 30.3. The second-order valence-electron chi connectivity index (χ2n) is 4.55. The summed E-state index contributed by atoms with van der Waals surface area (Å²) >= 11 is 0. The Morgan fingerprint density at radius 3 is 2.75 bits per heavy atom. The molecule has 0 amide bonds. The highest BCUT2D eigenvalue weighted by Gasteiger charge is 2.41. The van der Waals surface area contributed by atoms with Gasteiger partial charge in [-0.1, -0.05) is 12.1 Å². The minimum Gasteiger partial charge on any atom is -0.318 e. The fraction of sp³-hybridized carbons (Fsp3) is 0.333. The number of aromatic nitrogens is 3. The van der Waals surface area contributed by atoms with E-state index in [-0.39, 0.29) is 17.1 Å². The van der Waals surface area contributed by atoms with Crippen molar-refractivity contribution in [3.8, 4) is 0 Å². The van der Waals surface area contributed by atoms with Crippen molar-refractivity contribution in [2.24, 2.45) is 7.05 Å². The number of hydrogen-bond donors (Lipinski definition) is 0. The van der Waals surface area contributed by atoms with Gasteiger partial charge in [0.25, 0.3) is 5.69 Å². The first-order chi connectivity index (χ1) is 9.34. The van der Waals surface area contributed by atoms with E-state index in [1.807, 2.05) is 0 Å². The highest BCUT2D eigenvalue weighted by molar-refractivity contribution is 5.37. The molecule has 0 fully saturated rings. The monoisotopic (exact) mass is 282 g/mol. The van der Waals surface area contributed by atoms with Gasteiger partial charge in [0.1, 0.15) is 6.33 Å². The molecule has 0 bridgehead atoms. The van der Waals surface area contributed by atoms with Crippen molar-refractivity contribution in [1.29, 1.82) is 0 Å². The van der Waals surface area contributed by atoms with Crippen molar-refractivity contribution < 1.29 is 13.7 Å². The van der Waals surface area contributed by atoms with Crippen LogP contribution in [0.2, 0.25) is 0 Å². The van der Waals surface area contributed by atoms with Crippen LogP contribution < -0.4 is 0 Å². The van der Waals surface area contributed by atoms with E-state index < -0.39 is 16.8 Å². The number of benzene rings is 1. The van der Waals surface area contributed by atoms with Gasteiger partial charge in [0.2, 0.25) is 0 Å². The number of nitro groups is 1. The Morgan fingerprint density at radius 2 is 2.20 bits per heavy atom. The number of nitro benzene ring substituents is 1. The fourth-order valence-electron chi connectivity index (χ4n) is 1.83. The molecular weight excluding hydrogens is 270 g/mol. The maximum Gasteiger partial charge on any atom is 0.269 e. The third-order valence-electron chi connectivity index (χ3n) is 3.07. The first kappa shape index (κ1) is 14.0. The normalized spacial score (nSPS) is 15.6. The van der Waals surface area contributed by atoms with E-state index in [2.05, 4.69) is 10.2 Å². The molecule has 1 heterocycles. The number of alkyl halides is 2. The highest BCUT2D eigenvalue weighted by Crippen LogP contribution is 2.41. The van der Waals surface area contributed by atoms with Gasteiger partial charge >= 0.3 is 0 Å². The third-order valence-corrected chi connectivity index (χ3v) is 3.07. The van der Waals surface area contributed by atoms with Crippen molar-refractivity contribution in [2.45, 2.75) is 18.8 Å². The zero-order valence-electron chi connectivity index (χ0n) is 10.8. The zero-order chi connectivity index (χ0) is 14.9. The first-order valence-electron chi connectivity index (χ1n) is 5.76. The maximum absolute atomic E-state index is 14.7. The van der Waals surface area contributed by atoms with Gasteiger partial charge < -0.3 is 4.57 Å². The summed E-state index contributed by atoms with van der Waals surface area (Å²) in [6.45, 7) is 1.02. The number of aryl methyl sites for hydroxylation is 1. The summed E-state index contributed by atoms with van der Waals surface area (Å²) in [4.78, 5) is 10.0. The minimum atomic E-state index is -2.45. The molecule has 2 atom stereocenters. The Balaban J connectivity index is 2.41. The van der Waals surface area contributed by atoms with Crippen LogP contribution in [0.15, 0.2) is 30.6 Å². The van der Waals surface area contributed by atoms with Crippen LogP contribution in [0, 0.1) is 10.1 Å². The summed E-state index contributed by atoms with van der Waals surface area (Å²) in [6, 6.07) is 4.85. The van der Waals surface area contributed by atoms with Crippen LogP contribution in [0.1, 0.15) is 24.5 Å². The van der Waals surface area contributed by atoms with Gasteiger partial charge in [-0.2, -0.15) is 0 Å². The molecule has 0 aliphatic carbocycles. The van der Waals surface area contributed by atoms with E-state index in [0.717, 1.165) is 13.0 Å². The lowest BCUT2D eigenvalue weighted by Crippen LogP contribution is -2.24. The Bertz CT molecular complexity index is 642. The van der Waals surface area contributed by atoms with Crippen molar-refractivity contribution in [3.63, 3.8) is 0 Å². The Hall–Kier alpha value is -2.38. The van der Waals surface area contributed by atoms with Gasteiger partial charge in [0.05, 0.1) is 4.92 Å².